The molecule has 0 radical (unpaired) electrons. The topological polar surface area (TPSA) is 66.9 Å². The first-order chi connectivity index (χ1) is 9.11. The van der Waals surface area contributed by atoms with Crippen LogP contribution in [0.1, 0.15) is 5.56 Å². The van der Waals surface area contributed by atoms with Gasteiger partial charge in [0.1, 0.15) is 6.07 Å². The SMILES string of the molecule is N#Cc1ccc(Sc2ccccc2[N+](=O)[O-])cc1Cl. The van der Waals surface area contributed by atoms with Gasteiger partial charge in [-0.25, -0.2) is 0 Å². The van der Waals surface area contributed by atoms with Crippen molar-refractivity contribution in [2.45, 2.75) is 9.79 Å². The summed E-state index contributed by atoms with van der Waals surface area (Å²) in [5, 5.41) is 20.0. The van der Waals surface area contributed by atoms with Gasteiger partial charge in [0.15, 0.2) is 0 Å². The van der Waals surface area contributed by atoms with Gasteiger partial charge in [-0.05, 0) is 24.3 Å². The Hall–Kier alpha value is -2.03. The summed E-state index contributed by atoms with van der Waals surface area (Å²) >= 11 is 7.17. The molecule has 4 nitrogen and oxygen atoms in total. The molecule has 94 valence electrons. The van der Waals surface area contributed by atoms with Crippen molar-refractivity contribution in [3.63, 3.8) is 0 Å². The van der Waals surface area contributed by atoms with Gasteiger partial charge in [0.25, 0.3) is 5.69 Å². The van der Waals surface area contributed by atoms with Gasteiger partial charge < -0.3 is 0 Å². The lowest BCUT2D eigenvalue weighted by atomic mass is 10.2. The predicted octanol–water partition coefficient (Wildman–Crippen LogP) is 4.27. The summed E-state index contributed by atoms with van der Waals surface area (Å²) in [6.45, 7) is 0. The maximum Gasteiger partial charge on any atom is 0.283 e. The summed E-state index contributed by atoms with van der Waals surface area (Å²) in [4.78, 5) is 11.8. The summed E-state index contributed by atoms with van der Waals surface area (Å²) in [6, 6.07) is 13.4. The molecule has 0 aromatic heterocycles. The second kappa shape index (κ2) is 5.74. The van der Waals surface area contributed by atoms with E-state index in [4.69, 9.17) is 16.9 Å². The highest BCUT2D eigenvalue weighted by atomic mass is 35.5. The van der Waals surface area contributed by atoms with E-state index >= 15 is 0 Å². The lowest BCUT2D eigenvalue weighted by Crippen LogP contribution is -1.90. The molecular formula is C13H7ClN2O2S. The Balaban J connectivity index is 2.34. The number of nitro groups is 1. The van der Waals surface area contributed by atoms with Crippen molar-refractivity contribution in [3.05, 3.63) is 63.2 Å². The molecular weight excluding hydrogens is 284 g/mol. The van der Waals surface area contributed by atoms with Crippen LogP contribution in [0.5, 0.6) is 0 Å². The van der Waals surface area contributed by atoms with E-state index in [0.717, 1.165) is 4.90 Å². The zero-order valence-corrected chi connectivity index (χ0v) is 11.1. The number of rotatable bonds is 3. The van der Waals surface area contributed by atoms with Gasteiger partial charge in [-0.2, -0.15) is 5.26 Å². The summed E-state index contributed by atoms with van der Waals surface area (Å²) in [5.74, 6) is 0. The average molecular weight is 291 g/mol. The van der Waals surface area contributed by atoms with Crippen molar-refractivity contribution in [1.82, 2.24) is 0 Å². The monoisotopic (exact) mass is 290 g/mol. The van der Waals surface area contributed by atoms with E-state index < -0.39 is 4.92 Å². The number of nitrogens with zero attached hydrogens (tertiary/aromatic N) is 2. The third-order valence-corrected chi connectivity index (χ3v) is 3.72. The number of benzene rings is 2. The fraction of sp³-hybridized carbons (Fsp3) is 0. The van der Waals surface area contributed by atoms with Gasteiger partial charge in [-0.3, -0.25) is 10.1 Å². The third kappa shape index (κ3) is 3.05. The molecule has 0 amide bonds. The fourth-order valence-corrected chi connectivity index (χ4v) is 2.72. The Kier molecular flexibility index (Phi) is 4.05. The second-order valence-corrected chi connectivity index (χ2v) is 5.10. The zero-order valence-electron chi connectivity index (χ0n) is 9.54. The van der Waals surface area contributed by atoms with Crippen molar-refractivity contribution in [1.29, 1.82) is 5.26 Å². The van der Waals surface area contributed by atoms with E-state index in [-0.39, 0.29) is 5.69 Å². The van der Waals surface area contributed by atoms with Crippen molar-refractivity contribution in [2.75, 3.05) is 0 Å². The van der Waals surface area contributed by atoms with E-state index in [2.05, 4.69) is 0 Å². The van der Waals surface area contributed by atoms with Crippen LogP contribution in [0, 0.1) is 21.4 Å². The van der Waals surface area contributed by atoms with Crippen LogP contribution >= 0.6 is 23.4 Å². The highest BCUT2D eigenvalue weighted by Crippen LogP contribution is 2.35. The minimum absolute atomic E-state index is 0.0491. The standard InChI is InChI=1S/C13H7ClN2O2S/c14-11-7-10(6-5-9(11)8-15)19-13-4-2-1-3-12(13)16(17)18/h1-7H. The van der Waals surface area contributed by atoms with Gasteiger partial charge in [0.05, 0.1) is 20.4 Å². The van der Waals surface area contributed by atoms with E-state index in [9.17, 15) is 10.1 Å². The molecule has 0 heterocycles. The van der Waals surface area contributed by atoms with Crippen LogP contribution in [0.4, 0.5) is 5.69 Å². The van der Waals surface area contributed by atoms with E-state index in [0.29, 0.717) is 15.5 Å². The molecule has 0 N–H and O–H groups in total. The average Bonchev–Trinajstić information content (AvgIpc) is 2.39. The maximum absolute atomic E-state index is 10.9. The van der Waals surface area contributed by atoms with Gasteiger partial charge >= 0.3 is 0 Å². The Labute approximate surface area is 118 Å². The molecule has 0 aliphatic carbocycles. The molecule has 2 aromatic rings. The van der Waals surface area contributed by atoms with Crippen LogP contribution in [-0.4, -0.2) is 4.92 Å². The lowest BCUT2D eigenvalue weighted by molar-refractivity contribution is -0.387. The molecule has 0 aliphatic rings. The summed E-state index contributed by atoms with van der Waals surface area (Å²) < 4.78 is 0. The smallest absolute Gasteiger partial charge is 0.258 e. The van der Waals surface area contributed by atoms with Gasteiger partial charge in [-0.15, -0.1) is 0 Å². The van der Waals surface area contributed by atoms with Gasteiger partial charge in [-0.1, -0.05) is 35.5 Å². The van der Waals surface area contributed by atoms with Crippen LogP contribution in [-0.2, 0) is 0 Å². The molecule has 0 aliphatic heterocycles. The largest absolute Gasteiger partial charge is 0.283 e. The number of para-hydroxylation sites is 1. The van der Waals surface area contributed by atoms with E-state index in [1.807, 2.05) is 6.07 Å². The molecule has 19 heavy (non-hydrogen) atoms. The van der Waals surface area contributed by atoms with E-state index in [1.54, 1.807) is 36.4 Å². The predicted molar refractivity (Wildman–Crippen MR) is 73.4 cm³/mol. The maximum atomic E-state index is 10.9. The summed E-state index contributed by atoms with van der Waals surface area (Å²) in [7, 11) is 0. The van der Waals surface area contributed by atoms with Crippen molar-refractivity contribution < 1.29 is 4.92 Å². The normalized spacial score (nSPS) is 9.89. The Morgan fingerprint density at radius 3 is 2.63 bits per heavy atom. The zero-order chi connectivity index (χ0) is 13.8. The first kappa shape index (κ1) is 13.4. The Bertz CT molecular complexity index is 683. The van der Waals surface area contributed by atoms with Crippen LogP contribution in [0.3, 0.4) is 0 Å². The Morgan fingerprint density at radius 1 is 1.26 bits per heavy atom. The van der Waals surface area contributed by atoms with Crippen molar-refractivity contribution in [2.24, 2.45) is 0 Å². The molecule has 0 saturated carbocycles. The number of hydrogen-bond donors (Lipinski definition) is 0. The van der Waals surface area contributed by atoms with Gasteiger partial charge in [0.2, 0.25) is 0 Å². The van der Waals surface area contributed by atoms with E-state index in [1.165, 1.54) is 17.8 Å². The van der Waals surface area contributed by atoms with Crippen LogP contribution in [0.25, 0.3) is 0 Å². The Morgan fingerprint density at radius 2 is 2.00 bits per heavy atom. The molecule has 2 aromatic carbocycles. The summed E-state index contributed by atoms with van der Waals surface area (Å²) in [5.41, 5.74) is 0.432. The number of halogens is 1. The first-order valence-electron chi connectivity index (χ1n) is 5.22. The van der Waals surface area contributed by atoms with Crippen LogP contribution in [0.2, 0.25) is 5.02 Å². The summed E-state index contributed by atoms with van der Waals surface area (Å²) in [6.07, 6.45) is 0. The molecule has 0 unspecified atom stereocenters. The number of nitriles is 1. The van der Waals surface area contributed by atoms with Gasteiger partial charge in [0, 0.05) is 11.0 Å². The fourth-order valence-electron chi connectivity index (χ4n) is 1.47. The molecule has 0 atom stereocenters. The van der Waals surface area contributed by atoms with Crippen molar-refractivity contribution >= 4 is 29.1 Å². The first-order valence-corrected chi connectivity index (χ1v) is 6.42. The molecule has 0 spiro atoms. The molecule has 0 fully saturated rings. The van der Waals surface area contributed by atoms with Crippen LogP contribution < -0.4 is 0 Å². The minimum atomic E-state index is -0.423. The quantitative estimate of drug-likeness (QED) is 0.625. The van der Waals surface area contributed by atoms with Crippen LogP contribution in [0.15, 0.2) is 52.3 Å². The molecule has 6 heteroatoms. The molecule has 0 saturated heterocycles. The third-order valence-electron chi connectivity index (χ3n) is 2.35. The number of nitro benzene ring substituents is 1. The van der Waals surface area contributed by atoms with Crippen molar-refractivity contribution in [3.8, 4) is 6.07 Å². The number of hydrogen-bond acceptors (Lipinski definition) is 4. The molecule has 0 bridgehead atoms. The molecule has 2 rings (SSSR count). The highest BCUT2D eigenvalue weighted by molar-refractivity contribution is 7.99. The minimum Gasteiger partial charge on any atom is -0.258 e. The highest BCUT2D eigenvalue weighted by Gasteiger charge is 2.13. The lowest BCUT2D eigenvalue weighted by Gasteiger charge is -2.04. The second-order valence-electron chi connectivity index (χ2n) is 3.58.